The summed E-state index contributed by atoms with van der Waals surface area (Å²) in [4.78, 5) is 14.4. The van der Waals surface area contributed by atoms with E-state index >= 15 is 0 Å². The minimum absolute atomic E-state index is 0.0913. The standard InChI is InChI=1S/C13H24N2O2/c1-10-6-8-14-13(17)12(7-9-16)15(10)11-4-2-3-5-11/h10-12,16H,2-9H2,1H3,(H,14,17). The quantitative estimate of drug-likeness (QED) is 0.770. The summed E-state index contributed by atoms with van der Waals surface area (Å²) in [5, 5.41) is 12.1. The monoisotopic (exact) mass is 240 g/mol. The van der Waals surface area contributed by atoms with Gasteiger partial charge in [-0.2, -0.15) is 0 Å². The predicted octanol–water partition coefficient (Wildman–Crippen LogP) is 0.890. The minimum atomic E-state index is -0.124. The van der Waals surface area contributed by atoms with Crippen molar-refractivity contribution >= 4 is 5.91 Å². The number of carbonyl (C=O) groups excluding carboxylic acids is 1. The largest absolute Gasteiger partial charge is 0.396 e. The molecule has 1 aliphatic carbocycles. The zero-order chi connectivity index (χ0) is 12.3. The van der Waals surface area contributed by atoms with Gasteiger partial charge in [0.1, 0.15) is 0 Å². The van der Waals surface area contributed by atoms with Gasteiger partial charge in [-0.15, -0.1) is 0 Å². The molecule has 1 saturated heterocycles. The van der Waals surface area contributed by atoms with E-state index in [1.54, 1.807) is 0 Å². The van der Waals surface area contributed by atoms with E-state index in [2.05, 4.69) is 17.1 Å². The Labute approximate surface area is 103 Å². The van der Waals surface area contributed by atoms with E-state index in [0.717, 1.165) is 13.0 Å². The van der Waals surface area contributed by atoms with Crippen LogP contribution in [0.3, 0.4) is 0 Å². The van der Waals surface area contributed by atoms with Crippen LogP contribution in [0, 0.1) is 0 Å². The summed E-state index contributed by atoms with van der Waals surface area (Å²) in [6.45, 7) is 3.07. The first-order valence-electron chi connectivity index (χ1n) is 6.90. The first-order chi connectivity index (χ1) is 8.24. The molecule has 17 heavy (non-hydrogen) atoms. The number of hydrogen-bond donors (Lipinski definition) is 2. The molecule has 2 aliphatic rings. The maximum atomic E-state index is 12.1. The van der Waals surface area contributed by atoms with Crippen LogP contribution in [-0.4, -0.2) is 47.2 Å². The Morgan fingerprint density at radius 2 is 2.06 bits per heavy atom. The van der Waals surface area contributed by atoms with Gasteiger partial charge in [-0.25, -0.2) is 0 Å². The molecule has 4 nitrogen and oxygen atoms in total. The Kier molecular flexibility index (Phi) is 4.40. The fraction of sp³-hybridized carbons (Fsp3) is 0.923. The summed E-state index contributed by atoms with van der Waals surface area (Å²) < 4.78 is 0. The molecular formula is C13H24N2O2. The summed E-state index contributed by atoms with van der Waals surface area (Å²) in [5.41, 5.74) is 0. The smallest absolute Gasteiger partial charge is 0.237 e. The van der Waals surface area contributed by atoms with Crippen LogP contribution in [0.25, 0.3) is 0 Å². The highest BCUT2D eigenvalue weighted by Gasteiger charge is 2.37. The number of aliphatic hydroxyl groups excluding tert-OH is 1. The van der Waals surface area contributed by atoms with Gasteiger partial charge in [0.05, 0.1) is 6.04 Å². The minimum Gasteiger partial charge on any atom is -0.396 e. The second kappa shape index (κ2) is 5.83. The highest BCUT2D eigenvalue weighted by Crippen LogP contribution is 2.29. The Balaban J connectivity index is 2.15. The summed E-state index contributed by atoms with van der Waals surface area (Å²) in [5.74, 6) is 0.107. The van der Waals surface area contributed by atoms with E-state index in [1.807, 2.05) is 0 Å². The van der Waals surface area contributed by atoms with Crippen molar-refractivity contribution in [1.82, 2.24) is 10.2 Å². The molecule has 0 spiro atoms. The van der Waals surface area contributed by atoms with Crippen LogP contribution in [0.2, 0.25) is 0 Å². The molecule has 0 aromatic heterocycles. The van der Waals surface area contributed by atoms with Gasteiger partial charge in [0.2, 0.25) is 5.91 Å². The van der Waals surface area contributed by atoms with Gasteiger partial charge in [0, 0.05) is 25.2 Å². The molecule has 1 heterocycles. The molecule has 1 aliphatic heterocycles. The molecule has 1 amide bonds. The van der Waals surface area contributed by atoms with Gasteiger partial charge < -0.3 is 10.4 Å². The van der Waals surface area contributed by atoms with Crippen molar-refractivity contribution in [2.24, 2.45) is 0 Å². The molecule has 0 aromatic rings. The summed E-state index contributed by atoms with van der Waals surface area (Å²) in [7, 11) is 0. The van der Waals surface area contributed by atoms with Gasteiger partial charge >= 0.3 is 0 Å². The lowest BCUT2D eigenvalue weighted by molar-refractivity contribution is -0.127. The van der Waals surface area contributed by atoms with E-state index in [-0.39, 0.29) is 18.6 Å². The third-order valence-electron chi connectivity index (χ3n) is 4.18. The number of nitrogens with zero attached hydrogens (tertiary/aromatic N) is 1. The number of hydrogen-bond acceptors (Lipinski definition) is 3. The fourth-order valence-corrected chi connectivity index (χ4v) is 3.33. The third-order valence-corrected chi connectivity index (χ3v) is 4.18. The molecule has 2 N–H and O–H groups in total. The zero-order valence-electron chi connectivity index (χ0n) is 10.7. The van der Waals surface area contributed by atoms with Crippen molar-refractivity contribution in [3.63, 3.8) is 0 Å². The molecule has 1 saturated carbocycles. The normalized spacial score (nSPS) is 32.5. The molecule has 98 valence electrons. The summed E-state index contributed by atoms with van der Waals surface area (Å²) >= 11 is 0. The van der Waals surface area contributed by atoms with E-state index < -0.39 is 0 Å². The second-order valence-corrected chi connectivity index (χ2v) is 5.34. The molecule has 2 unspecified atom stereocenters. The van der Waals surface area contributed by atoms with Crippen molar-refractivity contribution < 1.29 is 9.90 Å². The van der Waals surface area contributed by atoms with Crippen LogP contribution in [0.1, 0.15) is 45.4 Å². The average molecular weight is 240 g/mol. The van der Waals surface area contributed by atoms with Crippen molar-refractivity contribution in [3.05, 3.63) is 0 Å². The molecule has 0 bridgehead atoms. The number of carbonyl (C=O) groups is 1. The van der Waals surface area contributed by atoms with Crippen molar-refractivity contribution in [2.45, 2.75) is 63.6 Å². The van der Waals surface area contributed by atoms with Crippen LogP contribution < -0.4 is 5.32 Å². The molecular weight excluding hydrogens is 216 g/mol. The van der Waals surface area contributed by atoms with Gasteiger partial charge in [-0.1, -0.05) is 12.8 Å². The van der Waals surface area contributed by atoms with Crippen molar-refractivity contribution in [2.75, 3.05) is 13.2 Å². The first kappa shape index (κ1) is 12.8. The third kappa shape index (κ3) is 2.80. The summed E-state index contributed by atoms with van der Waals surface area (Å²) in [6, 6.07) is 0.861. The molecule has 4 heteroatoms. The van der Waals surface area contributed by atoms with Gasteiger partial charge in [-0.05, 0) is 32.6 Å². The lowest BCUT2D eigenvalue weighted by atomic mass is 10.0. The second-order valence-electron chi connectivity index (χ2n) is 5.34. The topological polar surface area (TPSA) is 52.6 Å². The van der Waals surface area contributed by atoms with Crippen LogP contribution in [0.4, 0.5) is 0 Å². The van der Waals surface area contributed by atoms with Gasteiger partial charge in [-0.3, -0.25) is 9.69 Å². The van der Waals surface area contributed by atoms with Gasteiger partial charge in [0.25, 0.3) is 0 Å². The van der Waals surface area contributed by atoms with Gasteiger partial charge in [0.15, 0.2) is 0 Å². The Hall–Kier alpha value is -0.610. The van der Waals surface area contributed by atoms with Crippen molar-refractivity contribution in [1.29, 1.82) is 0 Å². The number of rotatable bonds is 3. The van der Waals surface area contributed by atoms with Crippen molar-refractivity contribution in [3.8, 4) is 0 Å². The van der Waals surface area contributed by atoms with Crippen LogP contribution in [0.15, 0.2) is 0 Å². The Bertz CT molecular complexity index is 264. The average Bonchev–Trinajstić information content (AvgIpc) is 2.77. The molecule has 0 aromatic carbocycles. The Morgan fingerprint density at radius 3 is 2.71 bits per heavy atom. The van der Waals surface area contributed by atoms with E-state index in [1.165, 1.54) is 25.7 Å². The molecule has 2 rings (SSSR count). The van der Waals surface area contributed by atoms with E-state index in [0.29, 0.717) is 18.5 Å². The lowest BCUT2D eigenvalue weighted by Gasteiger charge is -2.37. The Morgan fingerprint density at radius 1 is 1.35 bits per heavy atom. The highest BCUT2D eigenvalue weighted by molar-refractivity contribution is 5.82. The maximum absolute atomic E-state index is 12.1. The lowest BCUT2D eigenvalue weighted by Crippen LogP contribution is -2.51. The SMILES string of the molecule is CC1CCNC(=O)C(CCO)N1C1CCCC1. The van der Waals surface area contributed by atoms with E-state index in [4.69, 9.17) is 5.11 Å². The zero-order valence-corrected chi connectivity index (χ0v) is 10.7. The molecule has 2 fully saturated rings. The molecule has 0 radical (unpaired) electrons. The highest BCUT2D eigenvalue weighted by atomic mass is 16.3. The number of nitrogens with one attached hydrogen (secondary N) is 1. The van der Waals surface area contributed by atoms with E-state index in [9.17, 15) is 4.79 Å². The van der Waals surface area contributed by atoms with Crippen LogP contribution in [-0.2, 0) is 4.79 Å². The van der Waals surface area contributed by atoms with Crippen LogP contribution in [0.5, 0.6) is 0 Å². The fourth-order valence-electron chi connectivity index (χ4n) is 3.33. The number of amides is 1. The predicted molar refractivity (Wildman–Crippen MR) is 66.7 cm³/mol. The first-order valence-corrected chi connectivity index (χ1v) is 6.90. The number of aliphatic hydroxyl groups is 1. The summed E-state index contributed by atoms with van der Waals surface area (Å²) in [6.07, 6.45) is 6.55. The molecule has 2 atom stereocenters. The van der Waals surface area contributed by atoms with Crippen LogP contribution >= 0.6 is 0 Å². The maximum Gasteiger partial charge on any atom is 0.237 e.